The van der Waals surface area contributed by atoms with E-state index < -0.39 is 4.92 Å². The summed E-state index contributed by atoms with van der Waals surface area (Å²) in [7, 11) is 0. The molecule has 0 aliphatic heterocycles. The van der Waals surface area contributed by atoms with Crippen LogP contribution in [0.3, 0.4) is 0 Å². The third-order valence-corrected chi connectivity index (χ3v) is 6.50. The van der Waals surface area contributed by atoms with E-state index >= 15 is 0 Å². The second kappa shape index (κ2) is 9.25. The van der Waals surface area contributed by atoms with Gasteiger partial charge in [-0.25, -0.2) is 0 Å². The van der Waals surface area contributed by atoms with E-state index in [1.165, 1.54) is 23.9 Å². The van der Waals surface area contributed by atoms with Crippen LogP contribution >= 0.6 is 11.8 Å². The van der Waals surface area contributed by atoms with Crippen molar-refractivity contribution in [3.8, 4) is 5.69 Å². The number of nitrogens with one attached hydrogen (secondary N) is 1. The Balaban J connectivity index is 1.65. The average molecular weight is 439 g/mol. The number of para-hydroxylation sites is 1. The van der Waals surface area contributed by atoms with Crippen molar-refractivity contribution in [3.63, 3.8) is 0 Å². The Hall–Kier alpha value is -3.27. The molecule has 0 bridgehead atoms. The summed E-state index contributed by atoms with van der Waals surface area (Å²) in [6.45, 7) is 2.13. The molecule has 1 aliphatic rings. The maximum absolute atomic E-state index is 13.1. The third-order valence-electron chi connectivity index (χ3n) is 5.49. The highest BCUT2D eigenvalue weighted by Crippen LogP contribution is 2.33. The molecular formula is C21H22N6O3S. The van der Waals surface area contributed by atoms with Gasteiger partial charge in [0.15, 0.2) is 0 Å². The van der Waals surface area contributed by atoms with Gasteiger partial charge in [-0.2, -0.15) is 4.68 Å². The minimum Gasteiger partial charge on any atom is -0.349 e. The number of nitro benzene ring substituents is 1. The van der Waals surface area contributed by atoms with E-state index in [9.17, 15) is 14.9 Å². The molecule has 1 heterocycles. The standard InChI is InChI=1S/C21H22N6O3S/c1-14-7-5-6-10-18(14)22-20(28)17-13-16(27(29)30)11-12-19(17)31-21-23-24-25-26(21)15-8-3-2-4-9-15/h2-4,8-9,11-14,18H,5-7,10H2,1H3,(H,22,28)/t14-,18-/m0/s1. The number of carbonyl (C=O) groups is 1. The summed E-state index contributed by atoms with van der Waals surface area (Å²) in [4.78, 5) is 24.5. The molecule has 4 rings (SSSR count). The van der Waals surface area contributed by atoms with Gasteiger partial charge in [0.25, 0.3) is 11.6 Å². The van der Waals surface area contributed by atoms with Crippen molar-refractivity contribution >= 4 is 23.4 Å². The van der Waals surface area contributed by atoms with Gasteiger partial charge in [-0.3, -0.25) is 14.9 Å². The van der Waals surface area contributed by atoms with Crippen LogP contribution in [0.2, 0.25) is 0 Å². The highest BCUT2D eigenvalue weighted by Gasteiger charge is 2.26. The number of rotatable bonds is 6. The van der Waals surface area contributed by atoms with Crippen molar-refractivity contribution in [3.05, 3.63) is 64.2 Å². The highest BCUT2D eigenvalue weighted by atomic mass is 32.2. The predicted molar refractivity (Wildman–Crippen MR) is 115 cm³/mol. The highest BCUT2D eigenvalue weighted by molar-refractivity contribution is 7.99. The van der Waals surface area contributed by atoms with Gasteiger partial charge < -0.3 is 5.32 Å². The zero-order valence-electron chi connectivity index (χ0n) is 17.0. The van der Waals surface area contributed by atoms with Gasteiger partial charge in [0.2, 0.25) is 5.16 Å². The number of nitro groups is 1. The second-order valence-electron chi connectivity index (χ2n) is 7.59. The maximum Gasteiger partial charge on any atom is 0.270 e. The maximum atomic E-state index is 13.1. The van der Waals surface area contributed by atoms with Gasteiger partial charge in [-0.05, 0) is 59.1 Å². The Kier molecular flexibility index (Phi) is 6.26. The minimum atomic E-state index is -0.498. The van der Waals surface area contributed by atoms with E-state index in [4.69, 9.17) is 0 Å². The van der Waals surface area contributed by atoms with Gasteiger partial charge in [-0.1, -0.05) is 38.0 Å². The Labute approximate surface area is 183 Å². The van der Waals surface area contributed by atoms with Crippen LogP contribution < -0.4 is 5.32 Å². The van der Waals surface area contributed by atoms with Gasteiger partial charge >= 0.3 is 0 Å². The molecule has 2 aromatic carbocycles. The number of hydrogen-bond donors (Lipinski definition) is 1. The van der Waals surface area contributed by atoms with Crippen LogP contribution in [0.1, 0.15) is 43.0 Å². The number of non-ortho nitro benzene ring substituents is 1. The first-order valence-electron chi connectivity index (χ1n) is 10.1. The van der Waals surface area contributed by atoms with Crippen LogP contribution in [0, 0.1) is 16.0 Å². The molecule has 9 nitrogen and oxygen atoms in total. The van der Waals surface area contributed by atoms with Crippen molar-refractivity contribution in [1.29, 1.82) is 0 Å². The quantitative estimate of drug-likeness (QED) is 0.456. The van der Waals surface area contributed by atoms with Crippen molar-refractivity contribution in [2.24, 2.45) is 5.92 Å². The topological polar surface area (TPSA) is 116 Å². The molecule has 1 amide bonds. The van der Waals surface area contributed by atoms with E-state index in [1.807, 2.05) is 30.3 Å². The first kappa shape index (κ1) is 21.0. The molecule has 160 valence electrons. The fourth-order valence-electron chi connectivity index (χ4n) is 3.75. The molecular weight excluding hydrogens is 416 g/mol. The molecule has 10 heteroatoms. The molecule has 1 aliphatic carbocycles. The van der Waals surface area contributed by atoms with Gasteiger partial charge in [-0.15, -0.1) is 5.10 Å². The second-order valence-corrected chi connectivity index (χ2v) is 8.60. The summed E-state index contributed by atoms with van der Waals surface area (Å²) in [5.41, 5.74) is 0.896. The zero-order valence-corrected chi connectivity index (χ0v) is 17.8. The normalized spacial score (nSPS) is 18.5. The summed E-state index contributed by atoms with van der Waals surface area (Å²) >= 11 is 1.20. The Morgan fingerprint density at radius 3 is 2.71 bits per heavy atom. The lowest BCUT2D eigenvalue weighted by Gasteiger charge is -2.29. The molecule has 2 atom stereocenters. The molecule has 1 fully saturated rings. The number of amides is 1. The Bertz CT molecular complexity index is 1090. The number of tetrazole rings is 1. The van der Waals surface area contributed by atoms with Gasteiger partial charge in [0, 0.05) is 23.1 Å². The van der Waals surface area contributed by atoms with Gasteiger partial charge in [0.1, 0.15) is 0 Å². The summed E-state index contributed by atoms with van der Waals surface area (Å²) < 4.78 is 1.57. The van der Waals surface area contributed by atoms with Crippen LogP contribution in [-0.2, 0) is 0 Å². The van der Waals surface area contributed by atoms with Crippen LogP contribution in [0.25, 0.3) is 5.69 Å². The fourth-order valence-corrected chi connectivity index (χ4v) is 4.65. The smallest absolute Gasteiger partial charge is 0.270 e. The molecule has 0 saturated heterocycles. The number of benzene rings is 2. The van der Waals surface area contributed by atoms with E-state index in [0.717, 1.165) is 31.4 Å². The van der Waals surface area contributed by atoms with Crippen molar-refractivity contribution in [2.45, 2.75) is 48.7 Å². The van der Waals surface area contributed by atoms with Crippen LogP contribution in [-0.4, -0.2) is 37.1 Å². The summed E-state index contributed by atoms with van der Waals surface area (Å²) in [6.07, 6.45) is 4.20. The number of carbonyl (C=O) groups excluding carboxylic acids is 1. The largest absolute Gasteiger partial charge is 0.349 e. The van der Waals surface area contributed by atoms with E-state index in [2.05, 4.69) is 27.8 Å². The molecule has 1 aromatic heterocycles. The van der Waals surface area contributed by atoms with Crippen LogP contribution in [0.5, 0.6) is 0 Å². The molecule has 0 radical (unpaired) electrons. The van der Waals surface area contributed by atoms with E-state index in [0.29, 0.717) is 16.0 Å². The van der Waals surface area contributed by atoms with Crippen LogP contribution in [0.4, 0.5) is 5.69 Å². The predicted octanol–water partition coefficient (Wildman–Crippen LogP) is 4.03. The summed E-state index contributed by atoms with van der Waals surface area (Å²) in [6, 6.07) is 13.7. The van der Waals surface area contributed by atoms with Crippen molar-refractivity contribution < 1.29 is 9.72 Å². The molecule has 1 saturated carbocycles. The molecule has 1 N–H and O–H groups in total. The average Bonchev–Trinajstić information content (AvgIpc) is 3.24. The summed E-state index contributed by atoms with van der Waals surface area (Å²) in [5, 5.41) is 26.7. The SMILES string of the molecule is C[C@H]1CCCC[C@@H]1NC(=O)c1cc([N+](=O)[O-])ccc1Sc1nnnn1-c1ccccc1. The van der Waals surface area contributed by atoms with Gasteiger partial charge in [0.05, 0.1) is 16.2 Å². The summed E-state index contributed by atoms with van der Waals surface area (Å²) in [5.74, 6) is 0.0570. The van der Waals surface area contributed by atoms with E-state index in [-0.39, 0.29) is 23.2 Å². The first-order chi connectivity index (χ1) is 15.0. The molecule has 31 heavy (non-hydrogen) atoms. The van der Waals surface area contributed by atoms with Crippen molar-refractivity contribution in [2.75, 3.05) is 0 Å². The number of nitrogens with zero attached hydrogens (tertiary/aromatic N) is 5. The molecule has 0 spiro atoms. The number of aromatic nitrogens is 4. The number of hydrogen-bond acceptors (Lipinski definition) is 7. The Morgan fingerprint density at radius 2 is 1.97 bits per heavy atom. The fraction of sp³-hybridized carbons (Fsp3) is 0.333. The third kappa shape index (κ3) is 4.74. The molecule has 0 unspecified atom stereocenters. The molecule has 3 aromatic rings. The minimum absolute atomic E-state index is 0.0630. The lowest BCUT2D eigenvalue weighted by molar-refractivity contribution is -0.384. The first-order valence-corrected chi connectivity index (χ1v) is 11.0. The lowest BCUT2D eigenvalue weighted by Crippen LogP contribution is -2.41. The zero-order chi connectivity index (χ0) is 21.8. The van der Waals surface area contributed by atoms with Crippen molar-refractivity contribution in [1.82, 2.24) is 25.5 Å². The van der Waals surface area contributed by atoms with E-state index in [1.54, 1.807) is 10.7 Å². The van der Waals surface area contributed by atoms with Crippen LogP contribution in [0.15, 0.2) is 58.6 Å². The lowest BCUT2D eigenvalue weighted by atomic mass is 9.86. The Morgan fingerprint density at radius 1 is 1.19 bits per heavy atom. The monoisotopic (exact) mass is 438 g/mol.